The van der Waals surface area contributed by atoms with Gasteiger partial charge < -0.3 is 34.0 Å². The van der Waals surface area contributed by atoms with E-state index in [2.05, 4.69) is 131 Å². The maximum absolute atomic E-state index is 9.19. The van der Waals surface area contributed by atoms with E-state index in [1.807, 2.05) is 11.9 Å². The summed E-state index contributed by atoms with van der Waals surface area (Å²) < 4.78 is 3.44. The molecule has 0 fully saturated rings. The quantitative estimate of drug-likeness (QED) is 0.230. The Labute approximate surface area is 240 Å². The van der Waals surface area contributed by atoms with Gasteiger partial charge in [0.1, 0.15) is 6.54 Å². The summed E-state index contributed by atoms with van der Waals surface area (Å²) in [6, 6.07) is 30.2. The van der Waals surface area contributed by atoms with Crippen LogP contribution in [0, 0.1) is 6.92 Å². The van der Waals surface area contributed by atoms with Crippen molar-refractivity contribution in [3.8, 4) is 22.4 Å². The van der Waals surface area contributed by atoms with Gasteiger partial charge in [0.2, 0.25) is 11.4 Å². The molecule has 1 heterocycles. The number of aromatic nitrogens is 1. The zero-order valence-electron chi connectivity index (χ0n) is 21.0. The third-order valence-electron chi connectivity index (χ3n) is 6.26. The Kier molecular flexibility index (Phi) is 10.3. The van der Waals surface area contributed by atoms with E-state index in [1.165, 1.54) is 27.9 Å². The van der Waals surface area contributed by atoms with Gasteiger partial charge >= 0.3 is 0 Å². The molecule has 186 valence electrons. The molecule has 36 heavy (non-hydrogen) atoms. The molecule has 0 aliphatic rings. The van der Waals surface area contributed by atoms with Crippen LogP contribution in [0.1, 0.15) is 23.7 Å². The van der Waals surface area contributed by atoms with Crippen molar-refractivity contribution < 1.29 is 33.7 Å². The van der Waals surface area contributed by atoms with Gasteiger partial charge in [0.15, 0.2) is 0 Å². The topological polar surface area (TPSA) is 27.4 Å². The largest absolute Gasteiger partial charge is 1.00 e. The molecule has 0 atom stereocenters. The van der Waals surface area contributed by atoms with E-state index in [0.29, 0.717) is 6.54 Å². The smallest absolute Gasteiger partial charge is 0.213 e. The SMILES string of the molecule is CC[n+]1c(C=Cc2ccc(N(C)CCO)cc2)cc(-c2ccc(Br)cc2)cc1-c1ccc(C)cc1.[I-]. The third-order valence-corrected chi connectivity index (χ3v) is 6.78. The van der Waals surface area contributed by atoms with E-state index < -0.39 is 0 Å². The van der Waals surface area contributed by atoms with Crippen molar-refractivity contribution in [2.75, 3.05) is 25.1 Å². The Morgan fingerprint density at radius 3 is 2.08 bits per heavy atom. The Bertz CT molecular complexity index is 1300. The fraction of sp³-hybridized carbons (Fsp3) is 0.194. The van der Waals surface area contributed by atoms with Crippen molar-refractivity contribution in [1.29, 1.82) is 0 Å². The van der Waals surface area contributed by atoms with Gasteiger partial charge in [-0.25, -0.2) is 0 Å². The first kappa shape index (κ1) is 28.1. The minimum Gasteiger partial charge on any atom is -1.00 e. The zero-order valence-corrected chi connectivity index (χ0v) is 24.7. The number of aliphatic hydroxyl groups excluding tert-OH is 1. The lowest BCUT2D eigenvalue weighted by Gasteiger charge is -2.17. The van der Waals surface area contributed by atoms with E-state index in [9.17, 15) is 5.11 Å². The van der Waals surface area contributed by atoms with Gasteiger partial charge in [0.05, 0.1) is 6.61 Å². The van der Waals surface area contributed by atoms with Crippen LogP contribution in [0.2, 0.25) is 0 Å². The molecule has 0 bridgehead atoms. The van der Waals surface area contributed by atoms with E-state index in [-0.39, 0.29) is 30.6 Å². The van der Waals surface area contributed by atoms with Crippen LogP contribution in [0.5, 0.6) is 0 Å². The first-order valence-electron chi connectivity index (χ1n) is 12.0. The highest BCUT2D eigenvalue weighted by Gasteiger charge is 2.18. The summed E-state index contributed by atoms with van der Waals surface area (Å²) in [4.78, 5) is 2.05. The van der Waals surface area contributed by atoms with E-state index in [0.717, 1.165) is 28.0 Å². The first-order chi connectivity index (χ1) is 17.0. The van der Waals surface area contributed by atoms with Crippen molar-refractivity contribution in [3.05, 3.63) is 106 Å². The summed E-state index contributed by atoms with van der Waals surface area (Å²) in [6.07, 6.45) is 4.37. The molecule has 0 aliphatic carbocycles. The Hall–Kier alpha value is -2.48. The van der Waals surface area contributed by atoms with Crippen LogP contribution < -0.4 is 33.4 Å². The number of benzene rings is 3. The molecule has 0 spiro atoms. The fourth-order valence-corrected chi connectivity index (χ4v) is 4.47. The summed E-state index contributed by atoms with van der Waals surface area (Å²) in [5.74, 6) is 0. The standard InChI is InChI=1S/C31H32BrN2O.HI/c1-4-34-30(18-9-24-7-16-29(17-8-24)33(3)19-20-35)21-27(25-12-14-28(32)15-13-25)22-31(34)26-10-5-23(2)6-11-26;/h5-18,21-22,35H,4,19-20H2,1-3H3;1H/q+1;/p-1. The normalized spacial score (nSPS) is 10.9. The molecule has 0 radical (unpaired) electrons. The van der Waals surface area contributed by atoms with Crippen molar-refractivity contribution in [2.24, 2.45) is 0 Å². The van der Waals surface area contributed by atoms with E-state index in [1.54, 1.807) is 0 Å². The number of aliphatic hydroxyl groups is 1. The highest BCUT2D eigenvalue weighted by atomic mass is 127. The molecule has 3 aromatic carbocycles. The lowest BCUT2D eigenvalue weighted by molar-refractivity contribution is -0.684. The molecule has 0 unspecified atom stereocenters. The van der Waals surface area contributed by atoms with Crippen LogP contribution in [-0.2, 0) is 6.54 Å². The van der Waals surface area contributed by atoms with Crippen LogP contribution in [0.25, 0.3) is 34.5 Å². The molecular formula is C31H32BrIN2O. The second kappa shape index (κ2) is 13.2. The molecule has 0 amide bonds. The molecule has 4 rings (SSSR count). The summed E-state index contributed by atoms with van der Waals surface area (Å²) in [5.41, 5.74) is 9.45. The molecule has 0 aliphatic heterocycles. The van der Waals surface area contributed by atoms with E-state index in [4.69, 9.17) is 0 Å². The van der Waals surface area contributed by atoms with Gasteiger partial charge in [-0.2, -0.15) is 4.57 Å². The molecule has 4 aromatic rings. The monoisotopic (exact) mass is 654 g/mol. The minimum absolute atomic E-state index is 0. The van der Waals surface area contributed by atoms with E-state index >= 15 is 0 Å². The molecule has 5 heteroatoms. The number of hydrogen-bond donors (Lipinski definition) is 1. The average Bonchev–Trinajstić information content (AvgIpc) is 2.88. The molecule has 0 saturated heterocycles. The maximum atomic E-state index is 9.19. The number of halogens is 2. The van der Waals surface area contributed by atoms with Crippen molar-refractivity contribution in [1.82, 2.24) is 0 Å². The molecular weight excluding hydrogens is 623 g/mol. The van der Waals surface area contributed by atoms with Crippen molar-refractivity contribution in [2.45, 2.75) is 20.4 Å². The highest BCUT2D eigenvalue weighted by molar-refractivity contribution is 9.10. The van der Waals surface area contributed by atoms with Crippen molar-refractivity contribution >= 4 is 33.8 Å². The van der Waals surface area contributed by atoms with Gasteiger partial charge in [0, 0.05) is 47.5 Å². The average molecular weight is 655 g/mol. The summed E-state index contributed by atoms with van der Waals surface area (Å²) in [7, 11) is 1.99. The van der Waals surface area contributed by atoms with Crippen LogP contribution in [0.15, 0.2) is 89.4 Å². The van der Waals surface area contributed by atoms with Crippen LogP contribution in [0.3, 0.4) is 0 Å². The Balaban J connectivity index is 0.00000361. The number of rotatable bonds is 8. The summed E-state index contributed by atoms with van der Waals surface area (Å²) in [6.45, 7) is 5.95. The number of pyridine rings is 1. The molecule has 3 nitrogen and oxygen atoms in total. The van der Waals surface area contributed by atoms with Crippen LogP contribution in [0.4, 0.5) is 5.69 Å². The fourth-order valence-electron chi connectivity index (χ4n) is 4.21. The number of likely N-dealkylation sites (N-methyl/N-ethyl adjacent to an activating group) is 1. The number of anilines is 1. The predicted molar refractivity (Wildman–Crippen MR) is 151 cm³/mol. The van der Waals surface area contributed by atoms with Gasteiger partial charge in [-0.3, -0.25) is 0 Å². The van der Waals surface area contributed by atoms with Gasteiger partial charge in [-0.15, -0.1) is 0 Å². The van der Waals surface area contributed by atoms with Crippen molar-refractivity contribution in [3.63, 3.8) is 0 Å². The van der Waals surface area contributed by atoms with Crippen LogP contribution >= 0.6 is 15.9 Å². The summed E-state index contributed by atoms with van der Waals surface area (Å²) in [5, 5.41) is 9.19. The summed E-state index contributed by atoms with van der Waals surface area (Å²) >= 11 is 3.56. The predicted octanol–water partition coefficient (Wildman–Crippen LogP) is 4.00. The second-order valence-corrected chi connectivity index (χ2v) is 9.66. The number of aryl methyl sites for hydroxylation is 1. The molecule has 0 saturated carbocycles. The molecule has 1 N–H and O–H groups in total. The number of nitrogens with zero attached hydrogens (tertiary/aromatic N) is 2. The third kappa shape index (κ3) is 6.84. The van der Waals surface area contributed by atoms with Crippen LogP contribution in [-0.4, -0.2) is 25.3 Å². The second-order valence-electron chi connectivity index (χ2n) is 8.74. The lowest BCUT2D eigenvalue weighted by Crippen LogP contribution is -3.00. The lowest BCUT2D eigenvalue weighted by atomic mass is 10.0. The Morgan fingerprint density at radius 2 is 1.47 bits per heavy atom. The molecule has 1 aromatic heterocycles. The highest BCUT2D eigenvalue weighted by Crippen LogP contribution is 2.27. The zero-order chi connectivity index (χ0) is 24.8. The van der Waals surface area contributed by atoms with Gasteiger partial charge in [-0.1, -0.05) is 57.9 Å². The number of hydrogen-bond acceptors (Lipinski definition) is 2. The maximum Gasteiger partial charge on any atom is 0.213 e. The first-order valence-corrected chi connectivity index (χ1v) is 12.8. The Morgan fingerprint density at radius 1 is 0.833 bits per heavy atom. The van der Waals surface area contributed by atoms with Gasteiger partial charge in [-0.05, 0) is 73.0 Å². The minimum atomic E-state index is 0. The van der Waals surface area contributed by atoms with Gasteiger partial charge in [0.25, 0.3) is 0 Å².